The molecule has 106 valence electrons. The molecule has 2 aromatic rings. The van der Waals surface area contributed by atoms with Gasteiger partial charge in [0, 0.05) is 29.8 Å². The fourth-order valence-electron chi connectivity index (χ4n) is 2.69. The van der Waals surface area contributed by atoms with Gasteiger partial charge >= 0.3 is 0 Å². The predicted molar refractivity (Wildman–Crippen MR) is 82.0 cm³/mol. The van der Waals surface area contributed by atoms with Gasteiger partial charge < -0.3 is 15.7 Å². The monoisotopic (exact) mass is 290 g/mol. The van der Waals surface area contributed by atoms with Crippen LogP contribution in [0.2, 0.25) is 0 Å². The highest BCUT2D eigenvalue weighted by molar-refractivity contribution is 7.21. The van der Waals surface area contributed by atoms with Gasteiger partial charge in [-0.25, -0.2) is 0 Å². The number of hydrogen-bond donors (Lipinski definition) is 2. The Morgan fingerprint density at radius 2 is 2.05 bits per heavy atom. The van der Waals surface area contributed by atoms with Crippen molar-refractivity contribution in [1.29, 1.82) is 0 Å². The summed E-state index contributed by atoms with van der Waals surface area (Å²) in [7, 11) is 0. The normalized spacial score (nSPS) is 16.8. The second-order valence-electron chi connectivity index (χ2n) is 5.26. The second kappa shape index (κ2) is 5.42. The number of amides is 1. The summed E-state index contributed by atoms with van der Waals surface area (Å²) >= 11 is 1.47. The Kier molecular flexibility index (Phi) is 3.63. The highest BCUT2D eigenvalue weighted by Gasteiger charge is 2.26. The van der Waals surface area contributed by atoms with E-state index in [1.807, 2.05) is 29.2 Å². The highest BCUT2D eigenvalue weighted by atomic mass is 32.1. The summed E-state index contributed by atoms with van der Waals surface area (Å²) in [6.07, 6.45) is 1.74. The van der Waals surface area contributed by atoms with Crippen molar-refractivity contribution in [1.82, 2.24) is 4.90 Å². The molecule has 1 aliphatic heterocycles. The summed E-state index contributed by atoms with van der Waals surface area (Å²) in [4.78, 5) is 15.1. The molecule has 1 saturated heterocycles. The number of thiophene rings is 1. The highest BCUT2D eigenvalue weighted by Crippen LogP contribution is 2.34. The predicted octanol–water partition coefficient (Wildman–Crippen LogP) is 2.33. The third-order valence-electron chi connectivity index (χ3n) is 3.99. The lowest BCUT2D eigenvalue weighted by molar-refractivity contribution is 0.0656. The van der Waals surface area contributed by atoms with Crippen LogP contribution in [0.15, 0.2) is 24.3 Å². The maximum absolute atomic E-state index is 12.6. The largest absolute Gasteiger partial charge is 0.397 e. The van der Waals surface area contributed by atoms with E-state index in [9.17, 15) is 4.79 Å². The molecule has 20 heavy (non-hydrogen) atoms. The maximum atomic E-state index is 12.6. The number of likely N-dealkylation sites (tertiary alicyclic amines) is 1. The number of carbonyl (C=O) groups is 1. The average Bonchev–Trinajstić information content (AvgIpc) is 2.84. The fraction of sp³-hybridized carbons (Fsp3) is 0.400. The SMILES string of the molecule is Nc1c(C(=O)N2CCC(CO)CC2)sc2ccccc12. The molecule has 0 unspecified atom stereocenters. The minimum atomic E-state index is 0.0279. The van der Waals surface area contributed by atoms with Gasteiger partial charge in [0.25, 0.3) is 5.91 Å². The van der Waals surface area contributed by atoms with Crippen molar-refractivity contribution in [3.8, 4) is 0 Å². The molecular weight excluding hydrogens is 272 g/mol. The van der Waals surface area contributed by atoms with Gasteiger partial charge in [-0.1, -0.05) is 18.2 Å². The van der Waals surface area contributed by atoms with Gasteiger partial charge in [0.05, 0.1) is 5.69 Å². The van der Waals surface area contributed by atoms with Crippen LogP contribution in [0.1, 0.15) is 22.5 Å². The van der Waals surface area contributed by atoms with Gasteiger partial charge in [0.2, 0.25) is 0 Å². The zero-order valence-corrected chi connectivity index (χ0v) is 12.0. The molecule has 1 aromatic carbocycles. The summed E-state index contributed by atoms with van der Waals surface area (Å²) in [6, 6.07) is 7.84. The zero-order valence-electron chi connectivity index (χ0n) is 11.2. The van der Waals surface area contributed by atoms with E-state index in [1.54, 1.807) is 0 Å². The van der Waals surface area contributed by atoms with Gasteiger partial charge in [-0.3, -0.25) is 4.79 Å². The minimum Gasteiger partial charge on any atom is -0.397 e. The van der Waals surface area contributed by atoms with E-state index in [0.29, 0.717) is 29.6 Å². The van der Waals surface area contributed by atoms with Crippen LogP contribution in [-0.2, 0) is 0 Å². The third kappa shape index (κ3) is 2.27. The lowest BCUT2D eigenvalue weighted by atomic mass is 9.98. The number of aliphatic hydroxyl groups excluding tert-OH is 1. The Morgan fingerprint density at radius 3 is 2.70 bits per heavy atom. The molecule has 0 spiro atoms. The molecule has 1 fully saturated rings. The molecule has 2 heterocycles. The first-order valence-electron chi connectivity index (χ1n) is 6.88. The quantitative estimate of drug-likeness (QED) is 0.892. The molecule has 5 heteroatoms. The number of fused-ring (bicyclic) bond motifs is 1. The van der Waals surface area contributed by atoms with Crippen LogP contribution in [0.4, 0.5) is 5.69 Å². The van der Waals surface area contributed by atoms with Crippen LogP contribution in [0.5, 0.6) is 0 Å². The van der Waals surface area contributed by atoms with Crippen LogP contribution in [-0.4, -0.2) is 35.6 Å². The first-order valence-corrected chi connectivity index (χ1v) is 7.69. The summed E-state index contributed by atoms with van der Waals surface area (Å²) in [5, 5.41) is 10.1. The van der Waals surface area contributed by atoms with E-state index < -0.39 is 0 Å². The molecule has 0 saturated carbocycles. The smallest absolute Gasteiger partial charge is 0.266 e. The van der Waals surface area contributed by atoms with Gasteiger partial charge in [0.15, 0.2) is 0 Å². The van der Waals surface area contributed by atoms with Crippen LogP contribution in [0, 0.1) is 5.92 Å². The molecule has 1 amide bonds. The first-order chi connectivity index (χ1) is 9.70. The number of anilines is 1. The molecular formula is C15H18N2O2S. The van der Waals surface area contributed by atoms with Crippen LogP contribution >= 0.6 is 11.3 Å². The molecule has 1 aliphatic rings. The molecule has 0 bridgehead atoms. The Morgan fingerprint density at radius 1 is 1.35 bits per heavy atom. The molecule has 4 nitrogen and oxygen atoms in total. The molecule has 0 aliphatic carbocycles. The standard InChI is InChI=1S/C15H18N2O2S/c16-13-11-3-1-2-4-12(11)20-14(13)15(19)17-7-5-10(9-18)6-8-17/h1-4,10,18H,5-9,16H2. The Labute approximate surface area is 121 Å². The van der Waals surface area contributed by atoms with Gasteiger partial charge in [0.1, 0.15) is 4.88 Å². The molecule has 0 atom stereocenters. The van der Waals surface area contributed by atoms with Crippen molar-refractivity contribution in [3.05, 3.63) is 29.1 Å². The van der Waals surface area contributed by atoms with Crippen molar-refractivity contribution >= 4 is 33.0 Å². The van der Waals surface area contributed by atoms with Crippen molar-refractivity contribution < 1.29 is 9.90 Å². The van der Waals surface area contributed by atoms with Crippen molar-refractivity contribution in [2.24, 2.45) is 5.92 Å². The lowest BCUT2D eigenvalue weighted by Crippen LogP contribution is -2.39. The van der Waals surface area contributed by atoms with E-state index in [4.69, 9.17) is 10.8 Å². The Hall–Kier alpha value is -1.59. The van der Waals surface area contributed by atoms with E-state index in [-0.39, 0.29) is 12.5 Å². The number of aliphatic hydroxyl groups is 1. The minimum absolute atomic E-state index is 0.0279. The van der Waals surface area contributed by atoms with E-state index >= 15 is 0 Å². The topological polar surface area (TPSA) is 66.6 Å². The average molecular weight is 290 g/mol. The Bertz CT molecular complexity index is 630. The van der Waals surface area contributed by atoms with Crippen LogP contribution in [0.25, 0.3) is 10.1 Å². The lowest BCUT2D eigenvalue weighted by Gasteiger charge is -2.30. The summed E-state index contributed by atoms with van der Waals surface area (Å²) in [5.74, 6) is 0.360. The van der Waals surface area contributed by atoms with Crippen molar-refractivity contribution in [2.75, 3.05) is 25.4 Å². The van der Waals surface area contributed by atoms with Crippen LogP contribution < -0.4 is 5.73 Å². The van der Waals surface area contributed by atoms with E-state index in [2.05, 4.69) is 0 Å². The van der Waals surface area contributed by atoms with Gasteiger partial charge in [-0.15, -0.1) is 11.3 Å². The number of benzene rings is 1. The number of nitrogens with two attached hydrogens (primary N) is 1. The van der Waals surface area contributed by atoms with Crippen molar-refractivity contribution in [3.63, 3.8) is 0 Å². The van der Waals surface area contributed by atoms with E-state index in [0.717, 1.165) is 22.9 Å². The fourth-order valence-corrected chi connectivity index (χ4v) is 3.78. The molecule has 3 N–H and O–H groups in total. The molecule has 1 aromatic heterocycles. The van der Waals surface area contributed by atoms with Crippen molar-refractivity contribution in [2.45, 2.75) is 12.8 Å². The number of hydrogen-bond acceptors (Lipinski definition) is 4. The first kappa shape index (κ1) is 13.4. The number of piperidine rings is 1. The zero-order chi connectivity index (χ0) is 14.1. The number of carbonyl (C=O) groups excluding carboxylic acids is 1. The van der Waals surface area contributed by atoms with Gasteiger partial charge in [-0.2, -0.15) is 0 Å². The molecule has 3 rings (SSSR count). The number of nitrogens with zero attached hydrogens (tertiary/aromatic N) is 1. The van der Waals surface area contributed by atoms with E-state index in [1.165, 1.54) is 11.3 Å². The number of rotatable bonds is 2. The number of nitrogen functional groups attached to an aromatic ring is 1. The molecule has 0 radical (unpaired) electrons. The third-order valence-corrected chi connectivity index (χ3v) is 5.16. The summed E-state index contributed by atoms with van der Waals surface area (Å²) in [6.45, 7) is 1.63. The summed E-state index contributed by atoms with van der Waals surface area (Å²) < 4.78 is 1.05. The Balaban J connectivity index is 1.84. The van der Waals surface area contributed by atoms with Gasteiger partial charge in [-0.05, 0) is 24.8 Å². The van der Waals surface area contributed by atoms with Crippen LogP contribution in [0.3, 0.4) is 0 Å². The maximum Gasteiger partial charge on any atom is 0.266 e. The second-order valence-corrected chi connectivity index (χ2v) is 6.31. The summed E-state index contributed by atoms with van der Waals surface area (Å²) in [5.41, 5.74) is 6.72.